The van der Waals surface area contributed by atoms with E-state index in [-0.39, 0.29) is 18.1 Å². The average Bonchev–Trinajstić information content (AvgIpc) is 3.23. The van der Waals surface area contributed by atoms with Crippen LogP contribution in [0.4, 0.5) is 5.69 Å². The maximum Gasteiger partial charge on any atom is 0.310 e. The number of fused-ring (bicyclic) bond motifs is 2. The molecule has 3 aliphatic heterocycles. The Kier molecular flexibility index (Phi) is 4.33. The van der Waals surface area contributed by atoms with E-state index in [1.165, 1.54) is 0 Å². The van der Waals surface area contributed by atoms with E-state index in [0.29, 0.717) is 31.2 Å². The van der Waals surface area contributed by atoms with E-state index >= 15 is 0 Å². The average molecular weight is 365 g/mol. The molecule has 0 unspecified atom stereocenters. The summed E-state index contributed by atoms with van der Waals surface area (Å²) < 4.78 is 5.72. The molecule has 0 aliphatic carbocycles. The molecule has 3 fully saturated rings. The molecule has 25 heavy (non-hydrogen) atoms. The molecule has 0 radical (unpaired) electrons. The fourth-order valence-corrected chi connectivity index (χ4v) is 4.65. The quantitative estimate of drug-likeness (QED) is 0.886. The highest BCUT2D eigenvalue weighted by Crippen LogP contribution is 2.44. The summed E-state index contributed by atoms with van der Waals surface area (Å²) in [4.78, 5) is 28.5. The lowest BCUT2D eigenvalue weighted by atomic mass is 9.78. The second-order valence-corrected chi connectivity index (χ2v) is 7.35. The molecule has 1 N–H and O–H groups in total. The van der Waals surface area contributed by atoms with E-state index in [4.69, 9.17) is 16.3 Å². The Morgan fingerprint density at radius 3 is 2.32 bits per heavy atom. The number of hydrogen-bond donors (Lipinski definition) is 1. The highest BCUT2D eigenvalue weighted by molar-refractivity contribution is 6.33. The maximum absolute atomic E-state index is 13.0. The molecule has 3 heterocycles. The Labute approximate surface area is 151 Å². The van der Waals surface area contributed by atoms with Gasteiger partial charge in [-0.3, -0.25) is 9.59 Å². The van der Waals surface area contributed by atoms with Gasteiger partial charge in [0.25, 0.3) is 0 Å². The van der Waals surface area contributed by atoms with Gasteiger partial charge in [0.05, 0.1) is 34.8 Å². The SMILES string of the molecule is O=C(O)[C@@H]1[C@H](C(=O)N2CCN(c3ccccc3Cl)CC2)[C@H]2CC[C@H]1O2. The summed E-state index contributed by atoms with van der Waals surface area (Å²) in [7, 11) is 0. The van der Waals surface area contributed by atoms with Gasteiger partial charge in [0.15, 0.2) is 0 Å². The van der Waals surface area contributed by atoms with Crippen molar-refractivity contribution in [1.82, 2.24) is 4.90 Å². The van der Waals surface area contributed by atoms with Crippen molar-refractivity contribution in [2.45, 2.75) is 25.0 Å². The van der Waals surface area contributed by atoms with Gasteiger partial charge in [-0.15, -0.1) is 0 Å². The number of halogens is 1. The number of benzene rings is 1. The third kappa shape index (κ3) is 2.87. The van der Waals surface area contributed by atoms with Gasteiger partial charge < -0.3 is 19.6 Å². The molecule has 4 rings (SSSR count). The molecule has 1 aromatic carbocycles. The minimum Gasteiger partial charge on any atom is -0.481 e. The van der Waals surface area contributed by atoms with Gasteiger partial charge in [0.2, 0.25) is 5.91 Å². The maximum atomic E-state index is 13.0. The van der Waals surface area contributed by atoms with Crippen molar-refractivity contribution in [1.29, 1.82) is 0 Å². The molecule has 1 amide bonds. The van der Waals surface area contributed by atoms with Gasteiger partial charge in [-0.2, -0.15) is 0 Å². The Hall–Kier alpha value is -1.79. The summed E-state index contributed by atoms with van der Waals surface area (Å²) in [5.74, 6) is -2.23. The van der Waals surface area contributed by atoms with Crippen LogP contribution in [0.2, 0.25) is 5.02 Å². The normalized spacial score (nSPS) is 31.4. The lowest BCUT2D eigenvalue weighted by Crippen LogP contribution is -2.53. The number of aliphatic carboxylic acids is 1. The minimum absolute atomic E-state index is 0.0709. The van der Waals surface area contributed by atoms with E-state index < -0.39 is 17.8 Å². The van der Waals surface area contributed by atoms with Crippen molar-refractivity contribution < 1.29 is 19.4 Å². The first kappa shape index (κ1) is 16.7. The third-order valence-electron chi connectivity index (χ3n) is 5.63. The van der Waals surface area contributed by atoms with E-state index in [1.54, 1.807) is 4.90 Å². The Bertz CT molecular complexity index is 689. The summed E-state index contributed by atoms with van der Waals surface area (Å²) in [5.41, 5.74) is 0.975. The first-order chi connectivity index (χ1) is 12.1. The van der Waals surface area contributed by atoms with Crippen LogP contribution in [0.25, 0.3) is 0 Å². The van der Waals surface area contributed by atoms with Gasteiger partial charge in [-0.25, -0.2) is 0 Å². The van der Waals surface area contributed by atoms with Crippen LogP contribution in [0.1, 0.15) is 12.8 Å². The number of piperazine rings is 1. The number of ether oxygens (including phenoxy) is 1. The number of carboxylic acids is 1. The fourth-order valence-electron chi connectivity index (χ4n) is 4.39. The topological polar surface area (TPSA) is 70.1 Å². The second kappa shape index (κ2) is 6.50. The Morgan fingerprint density at radius 1 is 1.04 bits per heavy atom. The zero-order valence-electron chi connectivity index (χ0n) is 13.8. The molecule has 2 bridgehead atoms. The highest BCUT2D eigenvalue weighted by Gasteiger charge is 2.56. The molecule has 0 aromatic heterocycles. The molecule has 1 aromatic rings. The number of carbonyl (C=O) groups is 2. The van der Waals surface area contributed by atoms with Crippen LogP contribution < -0.4 is 4.90 Å². The van der Waals surface area contributed by atoms with Crippen LogP contribution in [0.3, 0.4) is 0 Å². The van der Waals surface area contributed by atoms with Crippen LogP contribution in [0.5, 0.6) is 0 Å². The van der Waals surface area contributed by atoms with Crippen molar-refractivity contribution in [2.24, 2.45) is 11.8 Å². The standard InChI is InChI=1S/C18H21ClN2O4/c19-11-3-1-2-4-12(11)20-7-9-21(10-8-20)17(22)15-13-5-6-14(25-13)16(15)18(23)24/h1-4,13-16H,5-10H2,(H,23,24)/t13-,14-,15-,16+/m1/s1. The van der Waals surface area contributed by atoms with Gasteiger partial charge in [0.1, 0.15) is 0 Å². The van der Waals surface area contributed by atoms with E-state index in [0.717, 1.165) is 18.5 Å². The monoisotopic (exact) mass is 364 g/mol. The van der Waals surface area contributed by atoms with Crippen molar-refractivity contribution in [3.63, 3.8) is 0 Å². The summed E-state index contributed by atoms with van der Waals surface area (Å²) in [6, 6.07) is 7.68. The molecular formula is C18H21ClN2O4. The number of carboxylic acid groups (broad SMARTS) is 1. The van der Waals surface area contributed by atoms with Crippen molar-refractivity contribution in [2.75, 3.05) is 31.1 Å². The van der Waals surface area contributed by atoms with Crippen LogP contribution in [0.15, 0.2) is 24.3 Å². The summed E-state index contributed by atoms with van der Waals surface area (Å²) in [6.07, 6.45) is 0.983. The number of rotatable bonds is 3. The first-order valence-corrected chi connectivity index (χ1v) is 9.10. The molecular weight excluding hydrogens is 344 g/mol. The molecule has 134 valence electrons. The highest BCUT2D eigenvalue weighted by atomic mass is 35.5. The number of carbonyl (C=O) groups excluding carboxylic acids is 1. The Morgan fingerprint density at radius 2 is 1.68 bits per heavy atom. The summed E-state index contributed by atoms with van der Waals surface area (Å²) in [5, 5.41) is 10.2. The molecule has 0 saturated carbocycles. The lowest BCUT2D eigenvalue weighted by molar-refractivity contribution is -0.151. The van der Waals surface area contributed by atoms with Crippen molar-refractivity contribution >= 4 is 29.2 Å². The zero-order chi connectivity index (χ0) is 17.6. The van der Waals surface area contributed by atoms with Crippen LogP contribution in [-0.2, 0) is 14.3 Å². The lowest BCUT2D eigenvalue weighted by Gasteiger charge is -2.38. The molecule has 3 saturated heterocycles. The van der Waals surface area contributed by atoms with Gasteiger partial charge in [0, 0.05) is 26.2 Å². The number of nitrogens with zero attached hydrogens (tertiary/aromatic N) is 2. The number of hydrogen-bond acceptors (Lipinski definition) is 4. The zero-order valence-corrected chi connectivity index (χ0v) is 14.6. The van der Waals surface area contributed by atoms with E-state index in [9.17, 15) is 14.7 Å². The van der Waals surface area contributed by atoms with E-state index in [1.807, 2.05) is 24.3 Å². The van der Waals surface area contributed by atoms with Gasteiger partial charge >= 0.3 is 5.97 Å². The smallest absolute Gasteiger partial charge is 0.310 e. The van der Waals surface area contributed by atoms with Crippen LogP contribution in [-0.4, -0.2) is 60.3 Å². The van der Waals surface area contributed by atoms with Crippen LogP contribution >= 0.6 is 11.6 Å². The van der Waals surface area contributed by atoms with E-state index in [2.05, 4.69) is 4.90 Å². The largest absolute Gasteiger partial charge is 0.481 e. The fraction of sp³-hybridized carbons (Fsp3) is 0.556. The number of para-hydroxylation sites is 1. The second-order valence-electron chi connectivity index (χ2n) is 6.94. The number of anilines is 1. The molecule has 7 heteroatoms. The van der Waals surface area contributed by atoms with Crippen LogP contribution in [0, 0.1) is 11.8 Å². The molecule has 3 aliphatic rings. The predicted octanol–water partition coefficient (Wildman–Crippen LogP) is 1.87. The number of amides is 1. The van der Waals surface area contributed by atoms with Crippen molar-refractivity contribution in [3.8, 4) is 0 Å². The third-order valence-corrected chi connectivity index (χ3v) is 5.95. The predicted molar refractivity (Wildman–Crippen MR) is 92.8 cm³/mol. The van der Waals surface area contributed by atoms with Crippen molar-refractivity contribution in [3.05, 3.63) is 29.3 Å². The molecule has 4 atom stereocenters. The summed E-state index contributed by atoms with van der Waals surface area (Å²) in [6.45, 7) is 2.53. The molecule has 6 nitrogen and oxygen atoms in total. The van der Waals surface area contributed by atoms with Gasteiger partial charge in [-0.05, 0) is 25.0 Å². The summed E-state index contributed by atoms with van der Waals surface area (Å²) >= 11 is 6.25. The van der Waals surface area contributed by atoms with Gasteiger partial charge in [-0.1, -0.05) is 23.7 Å². The first-order valence-electron chi connectivity index (χ1n) is 8.73. The Balaban J connectivity index is 1.43. The molecule has 0 spiro atoms. The minimum atomic E-state index is -0.916.